The van der Waals surface area contributed by atoms with Crippen LogP contribution in [0.15, 0.2) is 12.4 Å². The molecular formula is C16H27N5O. The average molecular weight is 305 g/mol. The van der Waals surface area contributed by atoms with Gasteiger partial charge in [0.15, 0.2) is 0 Å². The van der Waals surface area contributed by atoms with Crippen molar-refractivity contribution in [3.8, 4) is 0 Å². The Labute approximate surface area is 132 Å². The Bertz CT molecular complexity index is 454. The van der Waals surface area contributed by atoms with Crippen LogP contribution < -0.4 is 10.6 Å². The summed E-state index contributed by atoms with van der Waals surface area (Å²) >= 11 is 0. The van der Waals surface area contributed by atoms with Crippen molar-refractivity contribution in [2.45, 2.75) is 44.6 Å². The van der Waals surface area contributed by atoms with Gasteiger partial charge < -0.3 is 15.5 Å². The predicted molar refractivity (Wildman–Crippen MR) is 88.0 cm³/mol. The quantitative estimate of drug-likeness (QED) is 0.753. The Morgan fingerprint density at radius 1 is 1.23 bits per heavy atom. The van der Waals surface area contributed by atoms with Crippen molar-refractivity contribution in [3.63, 3.8) is 0 Å². The van der Waals surface area contributed by atoms with E-state index in [4.69, 9.17) is 0 Å². The van der Waals surface area contributed by atoms with Crippen LogP contribution in [0.4, 0.5) is 5.82 Å². The van der Waals surface area contributed by atoms with Crippen LogP contribution in [0.1, 0.15) is 49.0 Å². The molecule has 0 bridgehead atoms. The molecule has 0 atom stereocenters. The van der Waals surface area contributed by atoms with Gasteiger partial charge in [0.25, 0.3) is 5.91 Å². The van der Waals surface area contributed by atoms with Gasteiger partial charge in [0.1, 0.15) is 11.5 Å². The molecule has 22 heavy (non-hydrogen) atoms. The predicted octanol–water partition coefficient (Wildman–Crippen LogP) is 1.90. The van der Waals surface area contributed by atoms with Crippen molar-refractivity contribution >= 4 is 11.7 Å². The zero-order valence-corrected chi connectivity index (χ0v) is 13.6. The summed E-state index contributed by atoms with van der Waals surface area (Å²) in [6, 6.07) is 0.494. The van der Waals surface area contributed by atoms with E-state index < -0.39 is 0 Å². The highest BCUT2D eigenvalue weighted by atomic mass is 16.1. The fourth-order valence-corrected chi connectivity index (χ4v) is 2.66. The van der Waals surface area contributed by atoms with Gasteiger partial charge in [0, 0.05) is 12.6 Å². The van der Waals surface area contributed by atoms with Gasteiger partial charge in [-0.05, 0) is 39.9 Å². The largest absolute Gasteiger partial charge is 0.366 e. The molecule has 1 fully saturated rings. The minimum absolute atomic E-state index is 0.157. The molecule has 2 rings (SSSR count). The molecule has 0 radical (unpaired) electrons. The van der Waals surface area contributed by atoms with Gasteiger partial charge in [0.05, 0.1) is 12.4 Å². The monoisotopic (exact) mass is 305 g/mol. The lowest BCUT2D eigenvalue weighted by Crippen LogP contribution is -2.28. The summed E-state index contributed by atoms with van der Waals surface area (Å²) < 4.78 is 0. The molecule has 0 saturated heterocycles. The summed E-state index contributed by atoms with van der Waals surface area (Å²) in [5.74, 6) is 0.603. The number of nitrogens with one attached hydrogen (secondary N) is 2. The van der Waals surface area contributed by atoms with Gasteiger partial charge in [-0.1, -0.05) is 19.3 Å². The number of hydrogen-bond donors (Lipinski definition) is 2. The van der Waals surface area contributed by atoms with Crippen molar-refractivity contribution in [1.82, 2.24) is 20.2 Å². The second kappa shape index (κ2) is 8.68. The maximum atomic E-state index is 11.9. The fraction of sp³-hybridized carbons (Fsp3) is 0.688. The van der Waals surface area contributed by atoms with Gasteiger partial charge in [-0.3, -0.25) is 4.79 Å². The molecule has 1 heterocycles. The summed E-state index contributed by atoms with van der Waals surface area (Å²) in [4.78, 5) is 22.6. The highest BCUT2D eigenvalue weighted by Crippen LogP contribution is 2.20. The van der Waals surface area contributed by atoms with Crippen LogP contribution in [0.2, 0.25) is 0 Å². The fourth-order valence-electron chi connectivity index (χ4n) is 2.66. The van der Waals surface area contributed by atoms with Crippen molar-refractivity contribution in [1.29, 1.82) is 0 Å². The van der Waals surface area contributed by atoms with E-state index in [1.807, 2.05) is 14.1 Å². The second-order valence-electron chi connectivity index (χ2n) is 6.18. The van der Waals surface area contributed by atoms with Crippen LogP contribution >= 0.6 is 0 Å². The molecular weight excluding hydrogens is 278 g/mol. The topological polar surface area (TPSA) is 70.2 Å². The SMILES string of the molecule is CN(C)CCCNC(=O)c1cnc(NC2CCCCC2)cn1. The third-order valence-electron chi connectivity index (χ3n) is 3.91. The van der Waals surface area contributed by atoms with Crippen molar-refractivity contribution < 1.29 is 4.79 Å². The van der Waals surface area contributed by atoms with Gasteiger partial charge >= 0.3 is 0 Å². The molecule has 1 aromatic heterocycles. The number of nitrogens with zero attached hydrogens (tertiary/aromatic N) is 3. The molecule has 6 heteroatoms. The first-order chi connectivity index (χ1) is 10.6. The molecule has 0 aliphatic heterocycles. The van der Waals surface area contributed by atoms with Crippen LogP contribution in [-0.4, -0.2) is 54.0 Å². The Balaban J connectivity index is 1.76. The van der Waals surface area contributed by atoms with Crippen molar-refractivity contribution in [3.05, 3.63) is 18.1 Å². The van der Waals surface area contributed by atoms with Crippen LogP contribution in [0.3, 0.4) is 0 Å². The third kappa shape index (κ3) is 5.60. The zero-order valence-electron chi connectivity index (χ0n) is 13.6. The second-order valence-corrected chi connectivity index (χ2v) is 6.18. The Hall–Kier alpha value is -1.69. The first kappa shape index (κ1) is 16.7. The molecule has 122 valence electrons. The molecule has 1 aliphatic rings. The molecule has 1 aliphatic carbocycles. The summed E-state index contributed by atoms with van der Waals surface area (Å²) in [5.41, 5.74) is 0.374. The number of aromatic nitrogens is 2. The number of carbonyl (C=O) groups is 1. The van der Waals surface area contributed by atoms with Gasteiger partial charge in [-0.2, -0.15) is 0 Å². The molecule has 0 unspecified atom stereocenters. The van der Waals surface area contributed by atoms with E-state index in [0.717, 1.165) is 18.8 Å². The third-order valence-corrected chi connectivity index (χ3v) is 3.91. The smallest absolute Gasteiger partial charge is 0.271 e. The minimum Gasteiger partial charge on any atom is -0.366 e. The Morgan fingerprint density at radius 3 is 2.64 bits per heavy atom. The summed E-state index contributed by atoms with van der Waals surface area (Å²) in [6.45, 7) is 1.61. The summed E-state index contributed by atoms with van der Waals surface area (Å²) in [7, 11) is 4.04. The molecule has 1 amide bonds. The molecule has 1 saturated carbocycles. The standard InChI is InChI=1S/C16H27N5O/c1-21(2)10-6-9-17-16(22)14-11-19-15(12-18-14)20-13-7-4-3-5-8-13/h11-13H,3-10H2,1-2H3,(H,17,22)(H,19,20). The van der Waals surface area contributed by atoms with E-state index in [1.54, 1.807) is 12.4 Å². The minimum atomic E-state index is -0.157. The van der Waals surface area contributed by atoms with E-state index in [-0.39, 0.29) is 5.91 Å². The van der Waals surface area contributed by atoms with E-state index in [1.165, 1.54) is 32.1 Å². The van der Waals surface area contributed by atoms with Crippen molar-refractivity contribution in [2.75, 3.05) is 32.5 Å². The number of carbonyl (C=O) groups excluding carboxylic acids is 1. The highest BCUT2D eigenvalue weighted by Gasteiger charge is 2.14. The maximum absolute atomic E-state index is 11.9. The lowest BCUT2D eigenvalue weighted by atomic mass is 9.96. The Kier molecular flexibility index (Phi) is 6.58. The molecule has 1 aromatic rings. The average Bonchev–Trinajstić information content (AvgIpc) is 2.53. The summed E-state index contributed by atoms with van der Waals surface area (Å²) in [6.07, 6.45) is 10.4. The van der Waals surface area contributed by atoms with E-state index >= 15 is 0 Å². The number of rotatable bonds is 7. The summed E-state index contributed by atoms with van der Waals surface area (Å²) in [5, 5.41) is 6.27. The van der Waals surface area contributed by atoms with Gasteiger partial charge in [-0.15, -0.1) is 0 Å². The number of anilines is 1. The van der Waals surface area contributed by atoms with Crippen molar-refractivity contribution in [2.24, 2.45) is 0 Å². The lowest BCUT2D eigenvalue weighted by molar-refractivity contribution is 0.0947. The normalized spacial score (nSPS) is 15.8. The van der Waals surface area contributed by atoms with Gasteiger partial charge in [-0.25, -0.2) is 9.97 Å². The van der Waals surface area contributed by atoms with Crippen LogP contribution in [-0.2, 0) is 0 Å². The number of hydrogen-bond acceptors (Lipinski definition) is 5. The van der Waals surface area contributed by atoms with E-state index in [2.05, 4.69) is 25.5 Å². The van der Waals surface area contributed by atoms with Crippen LogP contribution in [0.5, 0.6) is 0 Å². The number of amides is 1. The van der Waals surface area contributed by atoms with E-state index in [9.17, 15) is 4.79 Å². The van der Waals surface area contributed by atoms with E-state index in [0.29, 0.717) is 18.3 Å². The molecule has 0 aromatic carbocycles. The molecule has 0 spiro atoms. The molecule has 6 nitrogen and oxygen atoms in total. The zero-order chi connectivity index (χ0) is 15.8. The van der Waals surface area contributed by atoms with Crippen LogP contribution in [0, 0.1) is 0 Å². The molecule has 2 N–H and O–H groups in total. The first-order valence-corrected chi connectivity index (χ1v) is 8.16. The highest BCUT2D eigenvalue weighted by molar-refractivity contribution is 5.91. The van der Waals surface area contributed by atoms with Gasteiger partial charge in [0.2, 0.25) is 0 Å². The van der Waals surface area contributed by atoms with Crippen LogP contribution in [0.25, 0.3) is 0 Å². The lowest BCUT2D eigenvalue weighted by Gasteiger charge is -2.23. The Morgan fingerprint density at radius 2 is 2.00 bits per heavy atom. The maximum Gasteiger partial charge on any atom is 0.271 e. The first-order valence-electron chi connectivity index (χ1n) is 8.16.